The molecule has 2 heterocycles. The molecule has 0 radical (unpaired) electrons. The van der Waals surface area contributed by atoms with Gasteiger partial charge in [0, 0.05) is 42.7 Å². The number of rotatable bonds is 2. The van der Waals surface area contributed by atoms with Gasteiger partial charge >= 0.3 is 0 Å². The molecule has 2 nitrogen and oxygen atoms in total. The molecule has 0 amide bonds. The number of nitrogens with zero attached hydrogens (tertiary/aromatic N) is 2. The molecular formula is C19H21BrN2. The van der Waals surface area contributed by atoms with E-state index < -0.39 is 0 Å². The highest BCUT2D eigenvalue weighted by molar-refractivity contribution is 9.10. The zero-order chi connectivity index (χ0) is 15.1. The fourth-order valence-corrected chi connectivity index (χ4v) is 4.36. The van der Waals surface area contributed by atoms with Gasteiger partial charge in [-0.1, -0.05) is 52.3 Å². The molecule has 2 aliphatic rings. The Balaban J connectivity index is 1.57. The quantitative estimate of drug-likeness (QED) is 0.795. The van der Waals surface area contributed by atoms with Gasteiger partial charge < -0.3 is 0 Å². The van der Waals surface area contributed by atoms with E-state index in [4.69, 9.17) is 0 Å². The molecule has 1 saturated heterocycles. The Morgan fingerprint density at radius 3 is 2.73 bits per heavy atom. The number of piperazine rings is 1. The number of hydrogen-bond acceptors (Lipinski definition) is 2. The van der Waals surface area contributed by atoms with Crippen LogP contribution in [0.2, 0.25) is 0 Å². The van der Waals surface area contributed by atoms with Crippen LogP contribution in [0.4, 0.5) is 0 Å². The van der Waals surface area contributed by atoms with E-state index in [0.717, 1.165) is 26.2 Å². The predicted molar refractivity (Wildman–Crippen MR) is 93.6 cm³/mol. The van der Waals surface area contributed by atoms with E-state index in [-0.39, 0.29) is 0 Å². The van der Waals surface area contributed by atoms with Crippen molar-refractivity contribution in [2.24, 2.45) is 0 Å². The van der Waals surface area contributed by atoms with Crippen LogP contribution in [-0.2, 0) is 13.1 Å². The second-order valence-electron chi connectivity index (χ2n) is 6.56. The van der Waals surface area contributed by atoms with Gasteiger partial charge in [-0.25, -0.2) is 0 Å². The van der Waals surface area contributed by atoms with Crippen molar-refractivity contribution < 1.29 is 0 Å². The van der Waals surface area contributed by atoms with Gasteiger partial charge in [0.05, 0.1) is 0 Å². The van der Waals surface area contributed by atoms with Gasteiger partial charge in [0.25, 0.3) is 0 Å². The van der Waals surface area contributed by atoms with Crippen LogP contribution >= 0.6 is 15.9 Å². The molecule has 0 aliphatic carbocycles. The highest BCUT2D eigenvalue weighted by Crippen LogP contribution is 2.39. The molecule has 0 bridgehead atoms. The summed E-state index contributed by atoms with van der Waals surface area (Å²) in [6, 6.07) is 18.8. The topological polar surface area (TPSA) is 6.48 Å². The highest BCUT2D eigenvalue weighted by atomic mass is 79.9. The lowest BCUT2D eigenvalue weighted by atomic mass is 10.0. The van der Waals surface area contributed by atoms with Crippen LogP contribution in [-0.4, -0.2) is 28.9 Å². The van der Waals surface area contributed by atoms with Gasteiger partial charge in [0.2, 0.25) is 0 Å². The summed E-state index contributed by atoms with van der Waals surface area (Å²) in [4.78, 5) is 5.27. The van der Waals surface area contributed by atoms with Crippen molar-refractivity contribution in [1.29, 1.82) is 0 Å². The third-order valence-corrected chi connectivity index (χ3v) is 5.48. The van der Waals surface area contributed by atoms with E-state index >= 15 is 0 Å². The van der Waals surface area contributed by atoms with Crippen molar-refractivity contribution in [3.63, 3.8) is 0 Å². The predicted octanol–water partition coefficient (Wildman–Crippen LogP) is 4.21. The van der Waals surface area contributed by atoms with Crippen LogP contribution in [0.15, 0.2) is 53.0 Å². The Morgan fingerprint density at radius 1 is 1.09 bits per heavy atom. The van der Waals surface area contributed by atoms with Gasteiger partial charge in [0.1, 0.15) is 0 Å². The van der Waals surface area contributed by atoms with E-state index in [1.54, 1.807) is 0 Å². The molecule has 2 unspecified atom stereocenters. The number of fused-ring (bicyclic) bond motifs is 3. The summed E-state index contributed by atoms with van der Waals surface area (Å²) in [7, 11) is 0. The first-order valence-corrected chi connectivity index (χ1v) is 8.80. The minimum Gasteiger partial charge on any atom is -0.296 e. The molecule has 2 aliphatic heterocycles. The maximum absolute atomic E-state index is 3.61. The summed E-state index contributed by atoms with van der Waals surface area (Å²) >= 11 is 3.61. The molecule has 22 heavy (non-hydrogen) atoms. The van der Waals surface area contributed by atoms with E-state index in [0.29, 0.717) is 12.1 Å². The molecule has 2 aromatic carbocycles. The third kappa shape index (κ3) is 2.62. The van der Waals surface area contributed by atoms with Gasteiger partial charge in [-0.15, -0.1) is 0 Å². The Labute approximate surface area is 140 Å². The van der Waals surface area contributed by atoms with Crippen molar-refractivity contribution in [1.82, 2.24) is 9.80 Å². The van der Waals surface area contributed by atoms with Crippen LogP contribution < -0.4 is 0 Å². The van der Waals surface area contributed by atoms with Crippen LogP contribution in [0.1, 0.15) is 29.7 Å². The molecule has 0 saturated carbocycles. The first-order valence-electron chi connectivity index (χ1n) is 8.01. The summed E-state index contributed by atoms with van der Waals surface area (Å²) in [5.74, 6) is 0. The molecule has 0 aromatic heterocycles. The smallest absolute Gasteiger partial charge is 0.0485 e. The lowest BCUT2D eigenvalue weighted by Crippen LogP contribution is -2.50. The monoisotopic (exact) mass is 356 g/mol. The van der Waals surface area contributed by atoms with Gasteiger partial charge in [-0.3, -0.25) is 9.80 Å². The summed E-state index contributed by atoms with van der Waals surface area (Å²) in [6.45, 7) is 6.81. The van der Waals surface area contributed by atoms with Crippen molar-refractivity contribution >= 4 is 15.9 Å². The third-order valence-electron chi connectivity index (χ3n) is 4.99. The maximum atomic E-state index is 3.61. The second-order valence-corrected chi connectivity index (χ2v) is 7.48. The van der Waals surface area contributed by atoms with Crippen LogP contribution in [0.3, 0.4) is 0 Å². The van der Waals surface area contributed by atoms with Gasteiger partial charge in [-0.2, -0.15) is 0 Å². The molecule has 2 aromatic rings. The maximum Gasteiger partial charge on any atom is 0.0485 e. The molecule has 114 valence electrons. The fourth-order valence-electron chi connectivity index (χ4n) is 3.96. The van der Waals surface area contributed by atoms with Crippen molar-refractivity contribution in [3.8, 4) is 0 Å². The highest BCUT2D eigenvalue weighted by Gasteiger charge is 2.38. The average molecular weight is 357 g/mol. The Morgan fingerprint density at radius 2 is 1.91 bits per heavy atom. The fraction of sp³-hybridized carbons (Fsp3) is 0.368. The van der Waals surface area contributed by atoms with Crippen molar-refractivity contribution in [2.75, 3.05) is 13.1 Å². The largest absolute Gasteiger partial charge is 0.296 e. The Bertz CT molecular complexity index is 670. The number of halogens is 1. The summed E-state index contributed by atoms with van der Waals surface area (Å²) < 4.78 is 1.19. The van der Waals surface area contributed by atoms with Gasteiger partial charge in [0.15, 0.2) is 0 Å². The summed E-state index contributed by atoms with van der Waals surface area (Å²) in [5, 5.41) is 0. The van der Waals surface area contributed by atoms with Gasteiger partial charge in [-0.05, 0) is 35.7 Å². The van der Waals surface area contributed by atoms with E-state index in [1.165, 1.54) is 21.2 Å². The molecule has 2 atom stereocenters. The van der Waals surface area contributed by atoms with Crippen molar-refractivity contribution in [2.45, 2.75) is 32.1 Å². The van der Waals surface area contributed by atoms with Crippen molar-refractivity contribution in [3.05, 3.63) is 69.7 Å². The zero-order valence-electron chi connectivity index (χ0n) is 12.9. The first kappa shape index (κ1) is 14.4. The molecule has 1 fully saturated rings. The standard InChI is InChI=1S/C19H21BrN2/c1-14-10-21(11-15-5-3-2-4-6-15)13-19-18-8-7-17(20)9-16(18)12-22(14)19/h2-9,14,19H,10-13H2,1H3. The Hall–Kier alpha value is -1.16. The van der Waals surface area contributed by atoms with E-state index in [1.807, 2.05) is 0 Å². The van der Waals surface area contributed by atoms with Crippen LogP contribution in [0.5, 0.6) is 0 Å². The van der Waals surface area contributed by atoms with Crippen LogP contribution in [0.25, 0.3) is 0 Å². The molecular weight excluding hydrogens is 336 g/mol. The minimum atomic E-state index is 0.551. The minimum absolute atomic E-state index is 0.551. The molecule has 4 rings (SSSR count). The SMILES string of the molecule is CC1CN(Cc2ccccc2)CC2c3ccc(Br)cc3CN12. The Kier molecular flexibility index (Phi) is 3.81. The summed E-state index contributed by atoms with van der Waals surface area (Å²) in [6.07, 6.45) is 0. The normalized spacial score (nSPS) is 25.0. The lowest BCUT2D eigenvalue weighted by Gasteiger charge is -2.42. The second kappa shape index (κ2) is 5.80. The number of benzene rings is 2. The first-order chi connectivity index (χ1) is 10.7. The molecule has 0 spiro atoms. The molecule has 0 N–H and O–H groups in total. The lowest BCUT2D eigenvalue weighted by molar-refractivity contribution is 0.0339. The van der Waals surface area contributed by atoms with E-state index in [2.05, 4.69) is 81.2 Å². The zero-order valence-corrected chi connectivity index (χ0v) is 14.5. The average Bonchev–Trinajstić information content (AvgIpc) is 2.86. The number of hydrogen-bond donors (Lipinski definition) is 0. The van der Waals surface area contributed by atoms with Crippen LogP contribution in [0, 0.1) is 0 Å². The molecule has 3 heteroatoms. The van der Waals surface area contributed by atoms with E-state index in [9.17, 15) is 0 Å². The summed E-state index contributed by atoms with van der Waals surface area (Å²) in [5.41, 5.74) is 4.43.